The fraction of sp³-hybridized carbons (Fsp3) is 0.846. The van der Waals surface area contributed by atoms with Crippen molar-refractivity contribution in [2.24, 2.45) is 5.92 Å². The molecule has 2 rings (SSSR count). The molecule has 2 aliphatic heterocycles. The number of ether oxygens (including phenoxy) is 1. The van der Waals surface area contributed by atoms with Crippen LogP contribution in [0.5, 0.6) is 0 Å². The normalized spacial score (nSPS) is 33.2. The Morgan fingerprint density at radius 2 is 2.00 bits per heavy atom. The first-order chi connectivity index (χ1) is 8.61. The third kappa shape index (κ3) is 2.66. The van der Waals surface area contributed by atoms with Crippen molar-refractivity contribution in [2.75, 3.05) is 13.2 Å². The van der Waals surface area contributed by atoms with Crippen LogP contribution in [0.1, 0.15) is 39.0 Å². The van der Waals surface area contributed by atoms with Gasteiger partial charge in [0.25, 0.3) is 0 Å². The maximum absolute atomic E-state index is 12.5. The molecule has 1 N–H and O–H groups in total. The number of carbonyl (C=O) groups is 2. The minimum atomic E-state index is -0.878. The summed E-state index contributed by atoms with van der Waals surface area (Å²) in [7, 11) is 0. The molecule has 0 saturated carbocycles. The highest BCUT2D eigenvalue weighted by Gasteiger charge is 2.38. The van der Waals surface area contributed by atoms with Crippen molar-refractivity contribution in [1.82, 2.24) is 4.90 Å². The van der Waals surface area contributed by atoms with E-state index in [9.17, 15) is 14.7 Å². The van der Waals surface area contributed by atoms with E-state index < -0.39 is 12.0 Å². The molecular formula is C13H21NO4. The van der Waals surface area contributed by atoms with Crippen LogP contribution in [-0.2, 0) is 14.3 Å². The molecule has 2 heterocycles. The minimum absolute atomic E-state index is 0.0331. The average molecular weight is 255 g/mol. The van der Waals surface area contributed by atoms with E-state index in [1.165, 1.54) is 0 Å². The van der Waals surface area contributed by atoms with Crippen LogP contribution in [0, 0.1) is 5.92 Å². The van der Waals surface area contributed by atoms with E-state index in [1.807, 2.05) is 6.92 Å². The number of likely N-dealkylation sites (tertiary alicyclic amines) is 1. The Balaban J connectivity index is 2.11. The van der Waals surface area contributed by atoms with Crippen molar-refractivity contribution < 1.29 is 19.4 Å². The van der Waals surface area contributed by atoms with Gasteiger partial charge in [0, 0.05) is 13.2 Å². The summed E-state index contributed by atoms with van der Waals surface area (Å²) in [5.74, 6) is -1.07. The Morgan fingerprint density at radius 1 is 1.22 bits per heavy atom. The Morgan fingerprint density at radius 3 is 2.61 bits per heavy atom. The summed E-state index contributed by atoms with van der Waals surface area (Å²) in [6, 6.07) is -0.646. The molecule has 0 bridgehead atoms. The number of carbonyl (C=O) groups excluding carboxylic acids is 1. The fourth-order valence-corrected chi connectivity index (χ4v) is 2.90. The molecular weight excluding hydrogens is 234 g/mol. The Labute approximate surface area is 107 Å². The number of hydrogen-bond donors (Lipinski definition) is 1. The summed E-state index contributed by atoms with van der Waals surface area (Å²) >= 11 is 0. The summed E-state index contributed by atoms with van der Waals surface area (Å²) in [6.45, 7) is 3.06. The molecule has 2 aliphatic rings. The van der Waals surface area contributed by atoms with Crippen LogP contribution in [0.2, 0.25) is 0 Å². The predicted octanol–water partition coefficient (Wildman–Crippen LogP) is 1.27. The van der Waals surface area contributed by atoms with E-state index in [1.54, 1.807) is 4.90 Å². The Kier molecular flexibility index (Phi) is 4.22. The molecule has 5 nitrogen and oxygen atoms in total. The quantitative estimate of drug-likeness (QED) is 0.807. The van der Waals surface area contributed by atoms with E-state index in [-0.39, 0.29) is 17.9 Å². The summed E-state index contributed by atoms with van der Waals surface area (Å²) in [6.07, 6.45) is 3.99. The molecule has 0 aromatic rings. The highest BCUT2D eigenvalue weighted by molar-refractivity contribution is 5.85. The lowest BCUT2D eigenvalue weighted by atomic mass is 9.99. The number of carboxylic acids is 1. The monoisotopic (exact) mass is 255 g/mol. The maximum atomic E-state index is 12.5. The molecule has 18 heavy (non-hydrogen) atoms. The molecule has 2 fully saturated rings. The predicted molar refractivity (Wildman–Crippen MR) is 65.1 cm³/mol. The van der Waals surface area contributed by atoms with E-state index >= 15 is 0 Å². The zero-order valence-corrected chi connectivity index (χ0v) is 10.8. The van der Waals surface area contributed by atoms with Gasteiger partial charge in [-0.15, -0.1) is 0 Å². The second-order valence-corrected chi connectivity index (χ2v) is 5.21. The highest BCUT2D eigenvalue weighted by Crippen LogP contribution is 2.26. The second kappa shape index (κ2) is 5.69. The first-order valence-corrected chi connectivity index (χ1v) is 6.76. The molecule has 1 amide bonds. The van der Waals surface area contributed by atoms with Gasteiger partial charge in [0.1, 0.15) is 6.04 Å². The van der Waals surface area contributed by atoms with Crippen molar-refractivity contribution in [3.05, 3.63) is 0 Å². The number of amides is 1. The number of aliphatic carboxylic acids is 1. The van der Waals surface area contributed by atoms with E-state index in [0.717, 1.165) is 19.3 Å². The lowest BCUT2D eigenvalue weighted by Crippen LogP contribution is -2.48. The van der Waals surface area contributed by atoms with Gasteiger partial charge in [-0.1, -0.05) is 12.8 Å². The molecule has 3 unspecified atom stereocenters. The summed E-state index contributed by atoms with van der Waals surface area (Å²) in [4.78, 5) is 25.3. The smallest absolute Gasteiger partial charge is 0.326 e. The van der Waals surface area contributed by atoms with Crippen LogP contribution >= 0.6 is 0 Å². The topological polar surface area (TPSA) is 66.8 Å². The van der Waals surface area contributed by atoms with Crippen LogP contribution in [0.25, 0.3) is 0 Å². The van der Waals surface area contributed by atoms with Crippen molar-refractivity contribution in [1.29, 1.82) is 0 Å². The van der Waals surface area contributed by atoms with Crippen LogP contribution in [0.3, 0.4) is 0 Å². The molecule has 3 atom stereocenters. The van der Waals surface area contributed by atoms with Gasteiger partial charge >= 0.3 is 5.97 Å². The SMILES string of the molecule is CC1OCCC1C(=O)N1CCCCCC1C(=O)O. The zero-order valence-electron chi connectivity index (χ0n) is 10.8. The first-order valence-electron chi connectivity index (χ1n) is 6.76. The minimum Gasteiger partial charge on any atom is -0.480 e. The van der Waals surface area contributed by atoms with E-state index in [0.29, 0.717) is 26.0 Å². The van der Waals surface area contributed by atoms with Crippen molar-refractivity contribution in [3.63, 3.8) is 0 Å². The van der Waals surface area contributed by atoms with Gasteiger partial charge in [0.15, 0.2) is 0 Å². The Hall–Kier alpha value is -1.10. The maximum Gasteiger partial charge on any atom is 0.326 e. The molecule has 102 valence electrons. The van der Waals surface area contributed by atoms with Gasteiger partial charge in [0.2, 0.25) is 5.91 Å². The van der Waals surface area contributed by atoms with Gasteiger partial charge in [-0.3, -0.25) is 4.79 Å². The van der Waals surface area contributed by atoms with Gasteiger partial charge in [-0.05, 0) is 26.2 Å². The Bertz CT molecular complexity index is 331. The van der Waals surface area contributed by atoms with Gasteiger partial charge < -0.3 is 14.7 Å². The van der Waals surface area contributed by atoms with Crippen LogP contribution in [0.4, 0.5) is 0 Å². The van der Waals surface area contributed by atoms with Crippen LogP contribution in [-0.4, -0.2) is 47.2 Å². The number of rotatable bonds is 2. The third-order valence-corrected chi connectivity index (χ3v) is 4.01. The van der Waals surface area contributed by atoms with Gasteiger partial charge in [-0.25, -0.2) is 4.79 Å². The van der Waals surface area contributed by atoms with Crippen LogP contribution in [0.15, 0.2) is 0 Å². The van der Waals surface area contributed by atoms with Crippen LogP contribution < -0.4 is 0 Å². The lowest BCUT2D eigenvalue weighted by molar-refractivity contribution is -0.152. The fourth-order valence-electron chi connectivity index (χ4n) is 2.90. The highest BCUT2D eigenvalue weighted by atomic mass is 16.5. The van der Waals surface area contributed by atoms with Crippen molar-refractivity contribution in [2.45, 2.75) is 51.2 Å². The number of hydrogen-bond acceptors (Lipinski definition) is 3. The third-order valence-electron chi connectivity index (χ3n) is 4.01. The molecule has 2 saturated heterocycles. The molecule has 0 aromatic heterocycles. The molecule has 0 aliphatic carbocycles. The molecule has 0 spiro atoms. The standard InChI is InChI=1S/C13H21NO4/c1-9-10(6-8-18-9)12(15)14-7-4-2-3-5-11(14)13(16)17/h9-11H,2-8H2,1H3,(H,16,17). The van der Waals surface area contributed by atoms with Crippen molar-refractivity contribution in [3.8, 4) is 0 Å². The number of nitrogens with zero attached hydrogens (tertiary/aromatic N) is 1. The molecule has 0 radical (unpaired) electrons. The second-order valence-electron chi connectivity index (χ2n) is 5.21. The lowest BCUT2D eigenvalue weighted by Gasteiger charge is -2.30. The largest absolute Gasteiger partial charge is 0.480 e. The average Bonchev–Trinajstić information content (AvgIpc) is 2.63. The molecule has 5 heteroatoms. The van der Waals surface area contributed by atoms with Crippen molar-refractivity contribution >= 4 is 11.9 Å². The summed E-state index contributed by atoms with van der Waals surface area (Å²) < 4.78 is 5.41. The van der Waals surface area contributed by atoms with Gasteiger partial charge in [-0.2, -0.15) is 0 Å². The first kappa shape index (κ1) is 13.3. The van der Waals surface area contributed by atoms with E-state index in [2.05, 4.69) is 0 Å². The number of carboxylic acid groups (broad SMARTS) is 1. The molecule has 0 aromatic carbocycles. The van der Waals surface area contributed by atoms with E-state index in [4.69, 9.17) is 4.74 Å². The zero-order chi connectivity index (χ0) is 13.1. The summed E-state index contributed by atoms with van der Waals surface area (Å²) in [5.41, 5.74) is 0. The van der Waals surface area contributed by atoms with Gasteiger partial charge in [0.05, 0.1) is 12.0 Å². The summed E-state index contributed by atoms with van der Waals surface area (Å²) in [5, 5.41) is 9.27.